The van der Waals surface area contributed by atoms with E-state index in [1.165, 1.54) is 12.3 Å². The van der Waals surface area contributed by atoms with E-state index < -0.39 is 17.4 Å². The molecule has 1 aromatic rings. The normalized spacial score (nSPS) is 12.8. The zero-order valence-electron chi connectivity index (χ0n) is 12.1. The molecule has 1 atom stereocenters. The minimum absolute atomic E-state index is 0.0288. The van der Waals surface area contributed by atoms with Gasteiger partial charge in [0.25, 0.3) is 0 Å². The van der Waals surface area contributed by atoms with Gasteiger partial charge in [0.1, 0.15) is 5.82 Å². The van der Waals surface area contributed by atoms with Crippen LogP contribution in [0.15, 0.2) is 18.5 Å². The Morgan fingerprint density at radius 3 is 2.80 bits per heavy atom. The number of pyridine rings is 1. The second kappa shape index (κ2) is 7.19. The van der Waals surface area contributed by atoms with Crippen molar-refractivity contribution < 1.29 is 14.3 Å². The summed E-state index contributed by atoms with van der Waals surface area (Å²) in [5.41, 5.74) is -0.374. The van der Waals surface area contributed by atoms with E-state index in [-0.39, 0.29) is 6.04 Å². The maximum Gasteiger partial charge on any atom is 0.319 e. The Bertz CT molecular complexity index is 446. The molecule has 1 unspecified atom stereocenters. The number of hydrogen-bond donors (Lipinski definition) is 3. The molecule has 0 fully saturated rings. The standard InChI is InChI=1S/C14H22FN3O2/c1-10(5-4-6-14(2,3)20)17-13(19)18-12-7-11(15)8-16-9-12/h7-10,20H,4-6H2,1-3H3,(H2,17,18,19). The van der Waals surface area contributed by atoms with Gasteiger partial charge in [0, 0.05) is 12.1 Å². The first-order valence-corrected chi connectivity index (χ1v) is 6.67. The van der Waals surface area contributed by atoms with Gasteiger partial charge in [-0.1, -0.05) is 0 Å². The Morgan fingerprint density at radius 1 is 1.50 bits per heavy atom. The highest BCUT2D eigenvalue weighted by Crippen LogP contribution is 2.13. The number of aliphatic hydroxyl groups is 1. The van der Waals surface area contributed by atoms with Crippen LogP contribution in [0.3, 0.4) is 0 Å². The van der Waals surface area contributed by atoms with E-state index in [2.05, 4.69) is 15.6 Å². The third-order valence-corrected chi connectivity index (χ3v) is 2.77. The summed E-state index contributed by atoms with van der Waals surface area (Å²) in [5.74, 6) is -0.499. The fraction of sp³-hybridized carbons (Fsp3) is 0.571. The molecule has 1 heterocycles. The van der Waals surface area contributed by atoms with Gasteiger partial charge in [-0.3, -0.25) is 4.98 Å². The fourth-order valence-corrected chi connectivity index (χ4v) is 1.78. The van der Waals surface area contributed by atoms with E-state index in [1.54, 1.807) is 13.8 Å². The third-order valence-electron chi connectivity index (χ3n) is 2.77. The zero-order chi connectivity index (χ0) is 15.2. The predicted octanol–water partition coefficient (Wildman–Crippen LogP) is 2.67. The van der Waals surface area contributed by atoms with Crippen LogP contribution in [0.4, 0.5) is 14.9 Å². The van der Waals surface area contributed by atoms with Crippen molar-refractivity contribution in [3.8, 4) is 0 Å². The van der Waals surface area contributed by atoms with Gasteiger partial charge >= 0.3 is 6.03 Å². The number of nitrogens with one attached hydrogen (secondary N) is 2. The summed E-state index contributed by atoms with van der Waals surface area (Å²) >= 11 is 0. The van der Waals surface area contributed by atoms with Gasteiger partial charge in [0.05, 0.1) is 23.7 Å². The number of urea groups is 1. The summed E-state index contributed by atoms with van der Waals surface area (Å²) in [7, 11) is 0. The van der Waals surface area contributed by atoms with Gasteiger partial charge in [0.15, 0.2) is 0 Å². The highest BCUT2D eigenvalue weighted by molar-refractivity contribution is 5.89. The molecule has 0 saturated heterocycles. The number of rotatable bonds is 6. The molecular weight excluding hydrogens is 261 g/mol. The van der Waals surface area contributed by atoms with Crippen LogP contribution >= 0.6 is 0 Å². The van der Waals surface area contributed by atoms with Crippen molar-refractivity contribution >= 4 is 11.7 Å². The second-order valence-corrected chi connectivity index (χ2v) is 5.60. The van der Waals surface area contributed by atoms with Gasteiger partial charge in [-0.25, -0.2) is 9.18 Å². The minimum atomic E-state index is -0.685. The van der Waals surface area contributed by atoms with Gasteiger partial charge in [-0.2, -0.15) is 0 Å². The number of carbonyl (C=O) groups excluding carboxylic acids is 1. The lowest BCUT2D eigenvalue weighted by Gasteiger charge is -2.19. The van der Waals surface area contributed by atoms with Crippen molar-refractivity contribution in [2.75, 3.05) is 5.32 Å². The second-order valence-electron chi connectivity index (χ2n) is 5.60. The van der Waals surface area contributed by atoms with Crippen molar-refractivity contribution in [2.45, 2.75) is 51.7 Å². The van der Waals surface area contributed by atoms with Crippen LogP contribution in [-0.2, 0) is 0 Å². The average Bonchev–Trinajstić information content (AvgIpc) is 2.26. The summed E-state index contributed by atoms with van der Waals surface area (Å²) in [4.78, 5) is 15.3. The number of amides is 2. The molecular formula is C14H22FN3O2. The van der Waals surface area contributed by atoms with Crippen LogP contribution in [0.5, 0.6) is 0 Å². The van der Waals surface area contributed by atoms with E-state index in [0.717, 1.165) is 19.0 Å². The molecule has 112 valence electrons. The van der Waals surface area contributed by atoms with Crippen LogP contribution in [-0.4, -0.2) is 27.8 Å². The van der Waals surface area contributed by atoms with E-state index in [0.29, 0.717) is 12.1 Å². The van der Waals surface area contributed by atoms with Crippen molar-refractivity contribution in [3.63, 3.8) is 0 Å². The van der Waals surface area contributed by atoms with Crippen LogP contribution in [0.25, 0.3) is 0 Å². The first-order valence-electron chi connectivity index (χ1n) is 6.67. The summed E-state index contributed by atoms with van der Waals surface area (Å²) in [5, 5.41) is 14.9. The Labute approximate surface area is 118 Å². The molecule has 0 saturated carbocycles. The molecule has 3 N–H and O–H groups in total. The molecule has 1 aromatic heterocycles. The Hall–Kier alpha value is -1.69. The molecule has 6 heteroatoms. The zero-order valence-corrected chi connectivity index (χ0v) is 12.1. The maximum atomic E-state index is 12.9. The van der Waals surface area contributed by atoms with Crippen molar-refractivity contribution in [3.05, 3.63) is 24.3 Å². The Kier molecular flexibility index (Phi) is 5.88. The van der Waals surface area contributed by atoms with E-state index in [4.69, 9.17) is 0 Å². The lowest BCUT2D eigenvalue weighted by Crippen LogP contribution is -2.36. The van der Waals surface area contributed by atoms with Crippen molar-refractivity contribution in [2.24, 2.45) is 0 Å². The van der Waals surface area contributed by atoms with Crippen molar-refractivity contribution in [1.29, 1.82) is 0 Å². The molecule has 20 heavy (non-hydrogen) atoms. The SMILES string of the molecule is CC(CCCC(C)(C)O)NC(=O)Nc1cncc(F)c1. The highest BCUT2D eigenvalue weighted by Gasteiger charge is 2.13. The number of aromatic nitrogens is 1. The smallest absolute Gasteiger partial charge is 0.319 e. The topological polar surface area (TPSA) is 74.2 Å². The first-order chi connectivity index (χ1) is 9.26. The minimum Gasteiger partial charge on any atom is -0.390 e. The molecule has 0 aliphatic carbocycles. The fourth-order valence-electron chi connectivity index (χ4n) is 1.78. The lowest BCUT2D eigenvalue weighted by molar-refractivity contribution is 0.0676. The van der Waals surface area contributed by atoms with E-state index in [1.807, 2.05) is 6.92 Å². The van der Waals surface area contributed by atoms with Crippen LogP contribution < -0.4 is 10.6 Å². The van der Waals surface area contributed by atoms with Crippen LogP contribution in [0.1, 0.15) is 40.0 Å². The van der Waals surface area contributed by atoms with Crippen molar-refractivity contribution in [1.82, 2.24) is 10.3 Å². The molecule has 1 rings (SSSR count). The number of hydrogen-bond acceptors (Lipinski definition) is 3. The summed E-state index contributed by atoms with van der Waals surface area (Å²) < 4.78 is 12.9. The van der Waals surface area contributed by atoms with Crippen LogP contribution in [0.2, 0.25) is 0 Å². The molecule has 0 bridgehead atoms. The molecule has 2 amide bonds. The number of carbonyl (C=O) groups is 1. The molecule has 0 aromatic carbocycles. The average molecular weight is 283 g/mol. The van der Waals surface area contributed by atoms with Crippen LogP contribution in [0, 0.1) is 5.82 Å². The largest absolute Gasteiger partial charge is 0.390 e. The third kappa shape index (κ3) is 7.04. The number of nitrogens with zero attached hydrogens (tertiary/aromatic N) is 1. The quantitative estimate of drug-likeness (QED) is 0.751. The monoisotopic (exact) mass is 283 g/mol. The summed E-state index contributed by atoms with van der Waals surface area (Å²) in [6.45, 7) is 5.40. The molecule has 5 nitrogen and oxygen atoms in total. The Balaban J connectivity index is 2.31. The van der Waals surface area contributed by atoms with Gasteiger partial charge in [-0.15, -0.1) is 0 Å². The summed E-state index contributed by atoms with van der Waals surface area (Å²) in [6.07, 6.45) is 4.70. The lowest BCUT2D eigenvalue weighted by atomic mass is 10.00. The van der Waals surface area contributed by atoms with E-state index >= 15 is 0 Å². The first kappa shape index (κ1) is 16.4. The Morgan fingerprint density at radius 2 is 2.20 bits per heavy atom. The predicted molar refractivity (Wildman–Crippen MR) is 76.0 cm³/mol. The summed E-state index contributed by atoms with van der Waals surface area (Å²) in [6, 6.07) is 0.776. The molecule has 0 aliphatic rings. The van der Waals surface area contributed by atoms with Gasteiger partial charge in [-0.05, 0) is 40.0 Å². The van der Waals surface area contributed by atoms with E-state index in [9.17, 15) is 14.3 Å². The number of halogens is 1. The molecule has 0 radical (unpaired) electrons. The van der Waals surface area contributed by atoms with Gasteiger partial charge in [0.2, 0.25) is 0 Å². The molecule has 0 aliphatic heterocycles. The highest BCUT2D eigenvalue weighted by atomic mass is 19.1. The number of anilines is 1. The molecule has 0 spiro atoms. The van der Waals surface area contributed by atoms with Gasteiger partial charge < -0.3 is 15.7 Å². The maximum absolute atomic E-state index is 12.9.